The number of aryl methyl sites for hydroxylation is 2. The molecule has 0 saturated heterocycles. The van der Waals surface area contributed by atoms with Crippen LogP contribution in [0.4, 0.5) is 0 Å². The first kappa shape index (κ1) is 17.2. The SMILES string of the molecule is Cc1nn(CCS(=O)(=O)C(C)(C)C)cc1CNC(C)C. The van der Waals surface area contributed by atoms with Crippen LogP contribution in [0.2, 0.25) is 0 Å². The van der Waals surface area contributed by atoms with Crippen LogP contribution in [-0.2, 0) is 22.9 Å². The molecule has 1 rings (SSSR count). The summed E-state index contributed by atoms with van der Waals surface area (Å²) in [5, 5.41) is 7.73. The van der Waals surface area contributed by atoms with Crippen molar-refractivity contribution in [3.8, 4) is 0 Å². The predicted octanol–water partition coefficient (Wildman–Crippen LogP) is 1.90. The summed E-state index contributed by atoms with van der Waals surface area (Å²) in [5.41, 5.74) is 2.07. The summed E-state index contributed by atoms with van der Waals surface area (Å²) in [4.78, 5) is 0. The van der Waals surface area contributed by atoms with Gasteiger partial charge in [-0.15, -0.1) is 0 Å². The van der Waals surface area contributed by atoms with Crippen LogP contribution < -0.4 is 5.32 Å². The maximum absolute atomic E-state index is 12.1. The van der Waals surface area contributed by atoms with Crippen LogP contribution in [0.15, 0.2) is 6.20 Å². The highest BCUT2D eigenvalue weighted by atomic mass is 32.2. The maximum Gasteiger partial charge on any atom is 0.157 e. The standard InChI is InChI=1S/C14H27N3O2S/c1-11(2)15-9-13-10-17(16-12(13)3)7-8-20(18,19)14(4,5)6/h10-11,15H,7-9H2,1-6H3. The Balaban J connectivity index is 2.69. The third-order valence-corrected chi connectivity index (χ3v) is 5.86. The smallest absolute Gasteiger partial charge is 0.157 e. The van der Waals surface area contributed by atoms with Crippen LogP contribution >= 0.6 is 0 Å². The molecule has 0 aromatic carbocycles. The number of sulfone groups is 1. The Morgan fingerprint density at radius 1 is 1.35 bits per heavy atom. The zero-order valence-corrected chi connectivity index (χ0v) is 14.2. The van der Waals surface area contributed by atoms with E-state index in [1.807, 2.05) is 13.1 Å². The van der Waals surface area contributed by atoms with Crippen molar-refractivity contribution >= 4 is 9.84 Å². The molecule has 1 N–H and O–H groups in total. The molecule has 0 atom stereocenters. The molecule has 1 heterocycles. The second-order valence-corrected chi connectivity index (χ2v) is 9.33. The lowest BCUT2D eigenvalue weighted by Crippen LogP contribution is -2.32. The van der Waals surface area contributed by atoms with Crippen molar-refractivity contribution in [2.75, 3.05) is 5.75 Å². The van der Waals surface area contributed by atoms with Crippen molar-refractivity contribution < 1.29 is 8.42 Å². The van der Waals surface area contributed by atoms with Gasteiger partial charge in [-0.2, -0.15) is 5.10 Å². The summed E-state index contributed by atoms with van der Waals surface area (Å²) < 4.78 is 25.2. The predicted molar refractivity (Wildman–Crippen MR) is 82.5 cm³/mol. The Labute approximate surface area is 122 Å². The second-order valence-electron chi connectivity index (χ2n) is 6.47. The van der Waals surface area contributed by atoms with Gasteiger partial charge in [-0.3, -0.25) is 4.68 Å². The van der Waals surface area contributed by atoms with Crippen molar-refractivity contribution in [3.63, 3.8) is 0 Å². The molecule has 0 spiro atoms. The minimum atomic E-state index is -3.10. The van der Waals surface area contributed by atoms with E-state index in [0.29, 0.717) is 12.6 Å². The van der Waals surface area contributed by atoms with E-state index in [1.165, 1.54) is 0 Å². The zero-order chi connectivity index (χ0) is 15.6. The molecule has 0 fully saturated rings. The minimum absolute atomic E-state index is 0.120. The second kappa shape index (κ2) is 6.26. The summed E-state index contributed by atoms with van der Waals surface area (Å²) in [5.74, 6) is 0.120. The van der Waals surface area contributed by atoms with Gasteiger partial charge in [0.2, 0.25) is 0 Å². The van der Waals surface area contributed by atoms with Crippen LogP contribution in [0.1, 0.15) is 45.9 Å². The molecule has 0 aliphatic carbocycles. The molecule has 6 heteroatoms. The van der Waals surface area contributed by atoms with Gasteiger partial charge in [-0.05, 0) is 27.7 Å². The van der Waals surface area contributed by atoms with Gasteiger partial charge in [0.15, 0.2) is 9.84 Å². The number of nitrogens with one attached hydrogen (secondary N) is 1. The number of hydrogen-bond acceptors (Lipinski definition) is 4. The van der Waals surface area contributed by atoms with E-state index >= 15 is 0 Å². The van der Waals surface area contributed by atoms with Gasteiger partial charge in [0, 0.05) is 24.3 Å². The van der Waals surface area contributed by atoms with Crippen molar-refractivity contribution in [2.24, 2.45) is 0 Å². The van der Waals surface area contributed by atoms with E-state index < -0.39 is 14.6 Å². The fraction of sp³-hybridized carbons (Fsp3) is 0.786. The molecule has 5 nitrogen and oxygen atoms in total. The van der Waals surface area contributed by atoms with Crippen molar-refractivity contribution in [2.45, 2.75) is 65.4 Å². The normalized spacial score (nSPS) is 13.2. The van der Waals surface area contributed by atoms with Gasteiger partial charge in [-0.1, -0.05) is 13.8 Å². The van der Waals surface area contributed by atoms with Gasteiger partial charge in [0.1, 0.15) is 0 Å². The average Bonchev–Trinajstić information content (AvgIpc) is 2.63. The first-order valence-corrected chi connectivity index (χ1v) is 8.67. The molecular formula is C14H27N3O2S. The third kappa shape index (κ3) is 4.59. The number of aromatic nitrogens is 2. The van der Waals surface area contributed by atoms with E-state index in [1.54, 1.807) is 25.5 Å². The van der Waals surface area contributed by atoms with Crippen LogP contribution in [0, 0.1) is 6.92 Å². The van der Waals surface area contributed by atoms with Gasteiger partial charge in [-0.25, -0.2) is 8.42 Å². The maximum atomic E-state index is 12.1. The summed E-state index contributed by atoms with van der Waals surface area (Å²) in [6.07, 6.45) is 1.93. The van der Waals surface area contributed by atoms with E-state index in [0.717, 1.165) is 17.8 Å². The van der Waals surface area contributed by atoms with E-state index in [-0.39, 0.29) is 5.75 Å². The Morgan fingerprint density at radius 3 is 2.45 bits per heavy atom. The van der Waals surface area contributed by atoms with E-state index in [2.05, 4.69) is 24.3 Å². The van der Waals surface area contributed by atoms with Gasteiger partial charge < -0.3 is 5.32 Å². The highest BCUT2D eigenvalue weighted by Crippen LogP contribution is 2.16. The number of rotatable bonds is 6. The van der Waals surface area contributed by atoms with Crippen molar-refractivity contribution in [3.05, 3.63) is 17.5 Å². The fourth-order valence-electron chi connectivity index (χ4n) is 1.68. The minimum Gasteiger partial charge on any atom is -0.310 e. The van der Waals surface area contributed by atoms with Crippen LogP contribution in [-0.4, -0.2) is 34.7 Å². The van der Waals surface area contributed by atoms with Gasteiger partial charge >= 0.3 is 0 Å². The van der Waals surface area contributed by atoms with Gasteiger partial charge in [0.25, 0.3) is 0 Å². The summed E-state index contributed by atoms with van der Waals surface area (Å²) >= 11 is 0. The van der Waals surface area contributed by atoms with Crippen LogP contribution in [0.5, 0.6) is 0 Å². The lowest BCUT2D eigenvalue weighted by molar-refractivity contribution is 0.547. The molecule has 116 valence electrons. The molecule has 0 aliphatic heterocycles. The monoisotopic (exact) mass is 301 g/mol. The first-order chi connectivity index (χ1) is 9.03. The summed E-state index contributed by atoms with van der Waals surface area (Å²) in [6.45, 7) is 12.5. The van der Waals surface area contributed by atoms with Crippen molar-refractivity contribution in [1.82, 2.24) is 15.1 Å². The highest BCUT2D eigenvalue weighted by molar-refractivity contribution is 7.92. The molecule has 0 unspecified atom stereocenters. The molecule has 0 radical (unpaired) electrons. The lowest BCUT2D eigenvalue weighted by Gasteiger charge is -2.18. The molecular weight excluding hydrogens is 274 g/mol. The highest BCUT2D eigenvalue weighted by Gasteiger charge is 2.28. The molecule has 0 saturated carbocycles. The van der Waals surface area contributed by atoms with E-state index in [4.69, 9.17) is 0 Å². The first-order valence-electron chi connectivity index (χ1n) is 7.01. The Bertz CT molecular complexity index is 539. The molecule has 1 aromatic heterocycles. The Kier molecular flexibility index (Phi) is 5.38. The third-order valence-electron chi connectivity index (χ3n) is 3.27. The van der Waals surface area contributed by atoms with Crippen LogP contribution in [0.25, 0.3) is 0 Å². The zero-order valence-electron chi connectivity index (χ0n) is 13.4. The Hall–Kier alpha value is -0.880. The number of nitrogens with zero attached hydrogens (tertiary/aromatic N) is 2. The molecule has 1 aromatic rings. The average molecular weight is 301 g/mol. The molecule has 20 heavy (non-hydrogen) atoms. The van der Waals surface area contributed by atoms with Crippen LogP contribution in [0.3, 0.4) is 0 Å². The quantitative estimate of drug-likeness (QED) is 0.871. The van der Waals surface area contributed by atoms with Crippen molar-refractivity contribution in [1.29, 1.82) is 0 Å². The topological polar surface area (TPSA) is 64.0 Å². The summed E-state index contributed by atoms with van der Waals surface area (Å²) in [6, 6.07) is 0.416. The molecule has 0 bridgehead atoms. The van der Waals surface area contributed by atoms with Gasteiger partial charge in [0.05, 0.1) is 22.7 Å². The summed E-state index contributed by atoms with van der Waals surface area (Å²) in [7, 11) is -3.10. The molecule has 0 aliphatic rings. The fourth-order valence-corrected chi connectivity index (χ4v) is 2.72. The lowest BCUT2D eigenvalue weighted by atomic mass is 10.2. The molecule has 0 amide bonds. The van der Waals surface area contributed by atoms with E-state index in [9.17, 15) is 8.42 Å². The largest absolute Gasteiger partial charge is 0.310 e. The number of hydrogen-bond donors (Lipinski definition) is 1. The Morgan fingerprint density at radius 2 is 1.95 bits per heavy atom.